The second-order valence-corrected chi connectivity index (χ2v) is 7.43. The molecule has 122 valence electrons. The van der Waals surface area contributed by atoms with Crippen molar-refractivity contribution in [2.75, 3.05) is 39.3 Å². The number of nitrogens with one attached hydrogen (secondary N) is 1. The zero-order chi connectivity index (χ0) is 15.9. The molecule has 0 aliphatic carbocycles. The molecular formula is C17H34N4. The van der Waals surface area contributed by atoms with Gasteiger partial charge in [-0.2, -0.15) is 5.26 Å². The Morgan fingerprint density at radius 1 is 1.05 bits per heavy atom. The molecular weight excluding hydrogens is 260 g/mol. The van der Waals surface area contributed by atoms with Crippen molar-refractivity contribution in [3.63, 3.8) is 0 Å². The second-order valence-electron chi connectivity index (χ2n) is 7.43. The van der Waals surface area contributed by atoms with Crippen molar-refractivity contribution in [2.45, 2.75) is 65.0 Å². The first-order valence-electron chi connectivity index (χ1n) is 8.44. The van der Waals surface area contributed by atoms with Crippen LogP contribution in [0.4, 0.5) is 0 Å². The van der Waals surface area contributed by atoms with Crippen molar-refractivity contribution in [3.05, 3.63) is 0 Å². The predicted molar refractivity (Wildman–Crippen MR) is 89.3 cm³/mol. The van der Waals surface area contributed by atoms with E-state index in [2.05, 4.69) is 48.9 Å². The van der Waals surface area contributed by atoms with Crippen LogP contribution >= 0.6 is 0 Å². The van der Waals surface area contributed by atoms with Crippen molar-refractivity contribution in [1.82, 2.24) is 15.1 Å². The molecule has 0 amide bonds. The fourth-order valence-electron chi connectivity index (χ4n) is 3.03. The van der Waals surface area contributed by atoms with Gasteiger partial charge in [-0.1, -0.05) is 6.92 Å². The van der Waals surface area contributed by atoms with E-state index in [1.807, 2.05) is 6.92 Å². The van der Waals surface area contributed by atoms with E-state index < -0.39 is 0 Å². The highest BCUT2D eigenvalue weighted by molar-refractivity contribution is 5.03. The Morgan fingerprint density at radius 2 is 1.67 bits per heavy atom. The second kappa shape index (κ2) is 8.12. The topological polar surface area (TPSA) is 42.3 Å². The molecule has 0 radical (unpaired) electrons. The Balaban J connectivity index is 2.19. The van der Waals surface area contributed by atoms with E-state index in [4.69, 9.17) is 0 Å². The van der Waals surface area contributed by atoms with E-state index in [-0.39, 0.29) is 5.54 Å². The molecule has 1 aliphatic heterocycles. The van der Waals surface area contributed by atoms with Crippen molar-refractivity contribution < 1.29 is 0 Å². The molecule has 0 aromatic heterocycles. The van der Waals surface area contributed by atoms with Crippen molar-refractivity contribution in [2.24, 2.45) is 0 Å². The summed E-state index contributed by atoms with van der Waals surface area (Å²) in [5, 5.41) is 12.5. The molecule has 0 saturated carbocycles. The van der Waals surface area contributed by atoms with Crippen LogP contribution < -0.4 is 5.32 Å². The number of rotatable bonds is 7. The highest BCUT2D eigenvalue weighted by Gasteiger charge is 2.26. The van der Waals surface area contributed by atoms with Gasteiger partial charge in [0.05, 0.1) is 6.07 Å². The van der Waals surface area contributed by atoms with E-state index in [9.17, 15) is 5.26 Å². The lowest BCUT2D eigenvalue weighted by Gasteiger charge is -2.42. The zero-order valence-electron chi connectivity index (χ0n) is 14.7. The summed E-state index contributed by atoms with van der Waals surface area (Å²) in [6, 6.07) is 2.41. The van der Waals surface area contributed by atoms with Gasteiger partial charge in [0.1, 0.15) is 5.54 Å². The molecule has 0 aromatic rings. The van der Waals surface area contributed by atoms with Gasteiger partial charge in [0.15, 0.2) is 0 Å². The van der Waals surface area contributed by atoms with Crippen molar-refractivity contribution in [3.8, 4) is 6.07 Å². The molecule has 1 saturated heterocycles. The molecule has 1 heterocycles. The number of hydrogen-bond donors (Lipinski definition) is 1. The summed E-state index contributed by atoms with van der Waals surface area (Å²) in [7, 11) is 0. The van der Waals surface area contributed by atoms with Gasteiger partial charge in [-0.25, -0.2) is 0 Å². The highest BCUT2D eigenvalue weighted by Crippen LogP contribution is 2.17. The summed E-state index contributed by atoms with van der Waals surface area (Å²) in [4.78, 5) is 5.14. The first-order valence-corrected chi connectivity index (χ1v) is 8.44. The van der Waals surface area contributed by atoms with E-state index in [0.29, 0.717) is 5.54 Å². The summed E-state index contributed by atoms with van der Waals surface area (Å²) >= 11 is 0. The number of piperazine rings is 1. The van der Waals surface area contributed by atoms with Crippen LogP contribution in [0.2, 0.25) is 0 Å². The van der Waals surface area contributed by atoms with Crippen LogP contribution in [0.1, 0.15) is 53.9 Å². The fraction of sp³-hybridized carbons (Fsp3) is 0.941. The molecule has 21 heavy (non-hydrogen) atoms. The van der Waals surface area contributed by atoms with Gasteiger partial charge in [-0.05, 0) is 60.0 Å². The normalized spacial score (nSPS) is 21.0. The molecule has 0 aromatic carbocycles. The standard InChI is InChI=1S/C17H34N4/c1-6-19-17(5,15-18)9-7-8-10-20-11-13-21(14-12-20)16(2,3)4/h19H,6-14H2,1-5H3. The number of nitrogens with zero attached hydrogens (tertiary/aromatic N) is 3. The Hall–Kier alpha value is -0.630. The molecule has 4 nitrogen and oxygen atoms in total. The van der Waals surface area contributed by atoms with Crippen LogP contribution in [0.3, 0.4) is 0 Å². The lowest BCUT2D eigenvalue weighted by Crippen LogP contribution is -2.53. The van der Waals surface area contributed by atoms with Crippen LogP contribution in [0.15, 0.2) is 0 Å². The predicted octanol–water partition coefficient (Wildman–Crippen LogP) is 2.46. The largest absolute Gasteiger partial charge is 0.301 e. The molecule has 4 heteroatoms. The minimum Gasteiger partial charge on any atom is -0.301 e. The van der Waals surface area contributed by atoms with Crippen LogP contribution in [0.5, 0.6) is 0 Å². The third kappa shape index (κ3) is 6.34. The van der Waals surface area contributed by atoms with Crippen molar-refractivity contribution >= 4 is 0 Å². The van der Waals surface area contributed by atoms with Gasteiger partial charge < -0.3 is 4.90 Å². The van der Waals surface area contributed by atoms with E-state index in [1.165, 1.54) is 39.1 Å². The Kier molecular flexibility index (Phi) is 7.12. The molecule has 1 atom stereocenters. The minimum absolute atomic E-state index is 0.298. The maximum Gasteiger partial charge on any atom is 0.103 e. The van der Waals surface area contributed by atoms with Crippen LogP contribution in [0.25, 0.3) is 0 Å². The molecule has 1 aliphatic rings. The molecule has 1 fully saturated rings. The molecule has 1 N–H and O–H groups in total. The maximum absolute atomic E-state index is 9.24. The summed E-state index contributed by atoms with van der Waals surface area (Å²) in [5.41, 5.74) is -0.0494. The third-order valence-electron chi connectivity index (χ3n) is 4.54. The smallest absolute Gasteiger partial charge is 0.103 e. The third-order valence-corrected chi connectivity index (χ3v) is 4.54. The van der Waals surface area contributed by atoms with Crippen LogP contribution in [-0.2, 0) is 0 Å². The monoisotopic (exact) mass is 294 g/mol. The summed E-state index contributed by atoms with van der Waals surface area (Å²) in [6.07, 6.45) is 3.26. The molecule has 0 bridgehead atoms. The quantitative estimate of drug-likeness (QED) is 0.733. The Bertz CT molecular complexity index is 334. The summed E-state index contributed by atoms with van der Waals surface area (Å²) in [6.45, 7) is 17.7. The van der Waals surface area contributed by atoms with Gasteiger partial charge in [0, 0.05) is 31.7 Å². The van der Waals surface area contributed by atoms with Gasteiger partial charge >= 0.3 is 0 Å². The highest BCUT2D eigenvalue weighted by atomic mass is 15.3. The fourth-order valence-corrected chi connectivity index (χ4v) is 3.03. The van der Waals surface area contributed by atoms with Crippen molar-refractivity contribution in [1.29, 1.82) is 5.26 Å². The van der Waals surface area contributed by atoms with E-state index >= 15 is 0 Å². The van der Waals surface area contributed by atoms with E-state index in [1.54, 1.807) is 0 Å². The van der Waals surface area contributed by atoms with Gasteiger partial charge in [-0.15, -0.1) is 0 Å². The summed E-state index contributed by atoms with van der Waals surface area (Å²) in [5.74, 6) is 0. The molecule has 1 rings (SSSR count). The van der Waals surface area contributed by atoms with Gasteiger partial charge in [-0.3, -0.25) is 10.2 Å². The SMILES string of the molecule is CCNC(C)(C#N)CCCCN1CCN(C(C)(C)C)CC1. The minimum atomic E-state index is -0.348. The van der Waals surface area contributed by atoms with E-state index in [0.717, 1.165) is 19.4 Å². The lowest BCUT2D eigenvalue weighted by atomic mass is 9.96. The van der Waals surface area contributed by atoms with Gasteiger partial charge in [0.2, 0.25) is 0 Å². The number of hydrogen-bond acceptors (Lipinski definition) is 4. The van der Waals surface area contributed by atoms with Crippen LogP contribution in [-0.4, -0.2) is 60.1 Å². The molecule has 1 unspecified atom stereocenters. The zero-order valence-corrected chi connectivity index (χ0v) is 14.7. The maximum atomic E-state index is 9.24. The average Bonchev–Trinajstić information content (AvgIpc) is 2.43. The number of unbranched alkanes of at least 4 members (excludes halogenated alkanes) is 1. The summed E-state index contributed by atoms with van der Waals surface area (Å²) < 4.78 is 0. The lowest BCUT2D eigenvalue weighted by molar-refractivity contribution is 0.0614. The first-order chi connectivity index (χ1) is 9.80. The molecule has 0 spiro atoms. The first kappa shape index (κ1) is 18.4. The number of nitriles is 1. The Labute approximate surface area is 131 Å². The van der Waals surface area contributed by atoms with Crippen LogP contribution in [0, 0.1) is 11.3 Å². The average molecular weight is 294 g/mol. The Morgan fingerprint density at radius 3 is 2.14 bits per heavy atom. The van der Waals surface area contributed by atoms with Gasteiger partial charge in [0.25, 0.3) is 0 Å².